The molecule has 25 heavy (non-hydrogen) atoms. The van der Waals surface area contributed by atoms with Gasteiger partial charge >= 0.3 is 5.97 Å². The highest BCUT2D eigenvalue weighted by Gasteiger charge is 2.28. The van der Waals surface area contributed by atoms with Crippen LogP contribution < -0.4 is 15.4 Å². The molecule has 1 aromatic heterocycles. The molecule has 0 aliphatic carbocycles. The quantitative estimate of drug-likeness (QED) is 0.847. The Balaban J connectivity index is 2.20. The number of carbonyl (C=O) groups excluding carboxylic acids is 2. The predicted octanol–water partition coefficient (Wildman–Crippen LogP) is 3.09. The molecule has 0 saturated heterocycles. The number of nitrogen functional groups attached to an aromatic ring is 1. The number of carbonyl (C=O) groups is 2. The number of rotatable bonds is 4. The van der Waals surface area contributed by atoms with Crippen LogP contribution >= 0.6 is 11.3 Å². The molecule has 0 unspecified atom stereocenters. The number of benzene rings is 1. The summed E-state index contributed by atoms with van der Waals surface area (Å²) in [6.45, 7) is 4.52. The molecule has 0 spiro atoms. The summed E-state index contributed by atoms with van der Waals surface area (Å²) in [6.07, 6.45) is 0.741. The molecule has 0 atom stereocenters. The fourth-order valence-corrected chi connectivity index (χ4v) is 4.08. The number of nitrogens with two attached hydrogens (primary N) is 1. The number of anilines is 2. The molecule has 0 radical (unpaired) electrons. The number of esters is 1. The Morgan fingerprint density at radius 1 is 1.40 bits per heavy atom. The van der Waals surface area contributed by atoms with Crippen LogP contribution in [-0.4, -0.2) is 32.1 Å². The molecule has 2 heterocycles. The van der Waals surface area contributed by atoms with Gasteiger partial charge in [-0.1, -0.05) is 13.0 Å². The number of methoxy groups -OCH3 is 1. The average molecular weight is 360 g/mol. The number of thiophene rings is 1. The smallest absolute Gasteiger partial charge is 0.341 e. The van der Waals surface area contributed by atoms with E-state index in [1.54, 1.807) is 4.90 Å². The minimum atomic E-state index is -0.458. The van der Waals surface area contributed by atoms with Crippen LogP contribution in [0.15, 0.2) is 18.2 Å². The summed E-state index contributed by atoms with van der Waals surface area (Å²) < 4.78 is 10.4. The van der Waals surface area contributed by atoms with E-state index in [1.165, 1.54) is 18.4 Å². The van der Waals surface area contributed by atoms with E-state index in [4.69, 9.17) is 15.2 Å². The highest BCUT2D eigenvalue weighted by molar-refractivity contribution is 7.17. The van der Waals surface area contributed by atoms with Gasteiger partial charge < -0.3 is 20.1 Å². The first-order valence-electron chi connectivity index (χ1n) is 8.08. The van der Waals surface area contributed by atoms with Crippen molar-refractivity contribution in [3.05, 3.63) is 28.6 Å². The number of ether oxygens (including phenoxy) is 2. The average Bonchev–Trinajstić information content (AvgIpc) is 2.96. The molecule has 6 nitrogen and oxygen atoms in total. The molecule has 0 saturated carbocycles. The van der Waals surface area contributed by atoms with Gasteiger partial charge in [-0.05, 0) is 31.0 Å². The van der Waals surface area contributed by atoms with Crippen molar-refractivity contribution in [2.45, 2.75) is 20.3 Å². The number of fused-ring (bicyclic) bond motifs is 1. The lowest BCUT2D eigenvalue weighted by atomic mass is 9.98. The summed E-state index contributed by atoms with van der Waals surface area (Å²) in [4.78, 5) is 27.0. The van der Waals surface area contributed by atoms with Gasteiger partial charge in [-0.25, -0.2) is 4.79 Å². The molecule has 2 N–H and O–H groups in total. The van der Waals surface area contributed by atoms with Gasteiger partial charge in [-0.15, -0.1) is 11.3 Å². The van der Waals surface area contributed by atoms with Crippen molar-refractivity contribution >= 4 is 33.9 Å². The minimum absolute atomic E-state index is 0.0409. The first kappa shape index (κ1) is 17.3. The Hall–Kier alpha value is -2.54. The van der Waals surface area contributed by atoms with Crippen LogP contribution in [0.3, 0.4) is 0 Å². The minimum Gasteiger partial charge on any atom is -0.482 e. The lowest BCUT2D eigenvalue weighted by Gasteiger charge is -2.28. The zero-order valence-corrected chi connectivity index (χ0v) is 15.2. The maximum absolute atomic E-state index is 12.2. The van der Waals surface area contributed by atoms with Crippen LogP contribution in [0.25, 0.3) is 11.1 Å². The first-order valence-corrected chi connectivity index (χ1v) is 8.90. The van der Waals surface area contributed by atoms with Crippen molar-refractivity contribution in [3.63, 3.8) is 0 Å². The zero-order chi connectivity index (χ0) is 18.1. The number of aryl methyl sites for hydroxylation is 1. The molecule has 1 aliphatic rings. The van der Waals surface area contributed by atoms with E-state index in [-0.39, 0.29) is 12.5 Å². The number of hydrogen-bond acceptors (Lipinski definition) is 6. The molecule has 132 valence electrons. The third-order valence-electron chi connectivity index (χ3n) is 4.23. The summed E-state index contributed by atoms with van der Waals surface area (Å²) >= 11 is 1.39. The van der Waals surface area contributed by atoms with Crippen molar-refractivity contribution in [3.8, 4) is 16.9 Å². The van der Waals surface area contributed by atoms with E-state index in [0.29, 0.717) is 28.5 Å². The SMILES string of the molecule is CCc1sc(N)c(C(=O)OC)c1-c1ccc2c(c1)N(CC)C(=O)CO2. The Morgan fingerprint density at radius 2 is 2.16 bits per heavy atom. The second-order valence-electron chi connectivity index (χ2n) is 5.59. The van der Waals surface area contributed by atoms with Crippen LogP contribution in [0, 0.1) is 0 Å². The van der Waals surface area contributed by atoms with Crippen molar-refractivity contribution < 1.29 is 19.1 Å². The number of likely N-dealkylation sites (N-methyl/N-ethyl adjacent to an activating group) is 1. The molecule has 7 heteroatoms. The standard InChI is InChI=1S/C18H20N2O4S/c1-4-13-15(16(17(19)25-13)18(22)23-3)10-6-7-12-11(8-10)20(5-2)14(21)9-24-12/h6-8H,4-5,9,19H2,1-3H3. The number of amides is 1. The highest BCUT2D eigenvalue weighted by atomic mass is 32.1. The topological polar surface area (TPSA) is 81.9 Å². The maximum Gasteiger partial charge on any atom is 0.341 e. The van der Waals surface area contributed by atoms with Gasteiger partial charge in [-0.2, -0.15) is 0 Å². The fourth-order valence-electron chi connectivity index (χ4n) is 3.06. The monoisotopic (exact) mass is 360 g/mol. The third-order valence-corrected chi connectivity index (χ3v) is 5.39. The van der Waals surface area contributed by atoms with Crippen LogP contribution in [-0.2, 0) is 16.0 Å². The van der Waals surface area contributed by atoms with Crippen LogP contribution in [0.1, 0.15) is 29.1 Å². The summed E-state index contributed by atoms with van der Waals surface area (Å²) in [6, 6.07) is 5.59. The van der Waals surface area contributed by atoms with E-state index >= 15 is 0 Å². The Kier molecular flexibility index (Phi) is 4.67. The van der Waals surface area contributed by atoms with E-state index < -0.39 is 5.97 Å². The van der Waals surface area contributed by atoms with Gasteiger partial charge in [-0.3, -0.25) is 4.79 Å². The molecule has 1 amide bonds. The van der Waals surface area contributed by atoms with Gasteiger partial charge in [0.15, 0.2) is 6.61 Å². The lowest BCUT2D eigenvalue weighted by Crippen LogP contribution is -2.38. The van der Waals surface area contributed by atoms with Crippen LogP contribution in [0.4, 0.5) is 10.7 Å². The second-order valence-corrected chi connectivity index (χ2v) is 6.73. The highest BCUT2D eigenvalue weighted by Crippen LogP contribution is 2.43. The third kappa shape index (κ3) is 2.84. The van der Waals surface area contributed by atoms with Crippen molar-refractivity contribution in [2.75, 3.05) is 30.9 Å². The molecule has 0 bridgehead atoms. The zero-order valence-electron chi connectivity index (χ0n) is 14.4. The van der Waals surface area contributed by atoms with Crippen molar-refractivity contribution in [1.29, 1.82) is 0 Å². The van der Waals surface area contributed by atoms with Crippen molar-refractivity contribution in [1.82, 2.24) is 0 Å². The summed E-state index contributed by atoms with van der Waals surface area (Å²) in [5, 5.41) is 0.441. The van der Waals surface area contributed by atoms with Gasteiger partial charge in [0.25, 0.3) is 5.91 Å². The molecular weight excluding hydrogens is 340 g/mol. The molecule has 0 fully saturated rings. The summed E-state index contributed by atoms with van der Waals surface area (Å²) in [5.41, 5.74) is 8.76. The largest absolute Gasteiger partial charge is 0.482 e. The van der Waals surface area contributed by atoms with Gasteiger partial charge in [0, 0.05) is 17.0 Å². The fraction of sp³-hybridized carbons (Fsp3) is 0.333. The molecular formula is C18H20N2O4S. The first-order chi connectivity index (χ1) is 12.0. The van der Waals surface area contributed by atoms with Gasteiger partial charge in [0.2, 0.25) is 0 Å². The maximum atomic E-state index is 12.2. The van der Waals surface area contributed by atoms with E-state index in [2.05, 4.69) is 0 Å². The van der Waals surface area contributed by atoms with Crippen LogP contribution in [0.2, 0.25) is 0 Å². The Labute approximate surface area is 150 Å². The van der Waals surface area contributed by atoms with Crippen LogP contribution in [0.5, 0.6) is 5.75 Å². The molecule has 1 aliphatic heterocycles. The van der Waals surface area contributed by atoms with Gasteiger partial charge in [0.05, 0.1) is 12.8 Å². The summed E-state index contributed by atoms with van der Waals surface area (Å²) in [5.74, 6) is 0.118. The van der Waals surface area contributed by atoms with E-state index in [9.17, 15) is 9.59 Å². The second kappa shape index (κ2) is 6.76. The Morgan fingerprint density at radius 3 is 2.80 bits per heavy atom. The normalized spacial score (nSPS) is 13.4. The lowest BCUT2D eigenvalue weighted by molar-refractivity contribution is -0.121. The molecule has 3 rings (SSSR count). The molecule has 1 aromatic carbocycles. The number of nitrogens with zero attached hydrogens (tertiary/aromatic N) is 1. The summed E-state index contributed by atoms with van der Waals surface area (Å²) in [7, 11) is 1.34. The van der Waals surface area contributed by atoms with E-state index in [0.717, 1.165) is 22.4 Å². The van der Waals surface area contributed by atoms with E-state index in [1.807, 2.05) is 32.0 Å². The van der Waals surface area contributed by atoms with Gasteiger partial charge in [0.1, 0.15) is 16.3 Å². The van der Waals surface area contributed by atoms with Crippen molar-refractivity contribution in [2.24, 2.45) is 0 Å². The number of hydrogen-bond donors (Lipinski definition) is 1. The Bertz CT molecular complexity index is 844. The predicted molar refractivity (Wildman–Crippen MR) is 98.4 cm³/mol. The molecule has 2 aromatic rings.